The second-order valence-electron chi connectivity index (χ2n) is 7.51. The van der Waals surface area contributed by atoms with Crippen LogP contribution < -0.4 is 10.6 Å². The largest absolute Gasteiger partial charge is 0.339 e. The summed E-state index contributed by atoms with van der Waals surface area (Å²) in [6, 6.07) is 17.1. The van der Waals surface area contributed by atoms with Gasteiger partial charge in [-0.15, -0.1) is 0 Å². The lowest BCUT2D eigenvalue weighted by atomic mass is 9.98. The number of carbonyl (C=O) groups excluding carboxylic acids is 2. The molecule has 1 saturated heterocycles. The Morgan fingerprint density at radius 2 is 1.69 bits per heavy atom. The number of benzene rings is 2. The minimum absolute atomic E-state index is 0.00166. The Morgan fingerprint density at radius 1 is 1.03 bits per heavy atom. The molecular formula is C23H27N3O2S. The van der Waals surface area contributed by atoms with E-state index in [9.17, 15) is 9.59 Å². The molecule has 0 aromatic heterocycles. The highest BCUT2D eigenvalue weighted by Gasteiger charge is 2.23. The van der Waals surface area contributed by atoms with Crippen molar-refractivity contribution in [1.29, 1.82) is 0 Å². The molecule has 0 radical (unpaired) electrons. The van der Waals surface area contributed by atoms with E-state index in [4.69, 9.17) is 12.2 Å². The van der Waals surface area contributed by atoms with Gasteiger partial charge in [-0.1, -0.05) is 49.4 Å². The number of nitrogens with one attached hydrogen (secondary N) is 2. The first-order valence-corrected chi connectivity index (χ1v) is 10.5. The third-order valence-corrected chi connectivity index (χ3v) is 5.42. The molecule has 0 unspecified atom stereocenters. The van der Waals surface area contributed by atoms with Crippen molar-refractivity contribution in [2.24, 2.45) is 5.92 Å². The van der Waals surface area contributed by atoms with Gasteiger partial charge in [0.2, 0.25) is 5.91 Å². The molecule has 0 saturated carbocycles. The Hall–Kier alpha value is -2.73. The van der Waals surface area contributed by atoms with Crippen LogP contribution >= 0.6 is 12.2 Å². The Bertz CT molecular complexity index is 861. The molecule has 1 aliphatic rings. The number of aryl methyl sites for hydroxylation is 1. The van der Waals surface area contributed by atoms with Crippen LogP contribution in [0.15, 0.2) is 54.6 Å². The maximum atomic E-state index is 12.9. The molecular weight excluding hydrogens is 382 g/mol. The number of nitrogens with zero attached hydrogens (tertiary/aromatic N) is 1. The van der Waals surface area contributed by atoms with Gasteiger partial charge in [-0.2, -0.15) is 0 Å². The van der Waals surface area contributed by atoms with Gasteiger partial charge in [0.25, 0.3) is 5.91 Å². The van der Waals surface area contributed by atoms with Gasteiger partial charge in [-0.05, 0) is 55.1 Å². The van der Waals surface area contributed by atoms with Crippen LogP contribution in [0.4, 0.5) is 5.69 Å². The number of likely N-dealkylation sites (tertiary alicyclic amines) is 1. The molecule has 5 nitrogen and oxygen atoms in total. The van der Waals surface area contributed by atoms with Gasteiger partial charge in [-0.3, -0.25) is 9.59 Å². The smallest absolute Gasteiger partial charge is 0.255 e. The Morgan fingerprint density at radius 3 is 2.41 bits per heavy atom. The van der Waals surface area contributed by atoms with Gasteiger partial charge < -0.3 is 15.5 Å². The number of hydrogen-bond acceptors (Lipinski definition) is 3. The zero-order valence-corrected chi connectivity index (χ0v) is 17.5. The molecule has 1 aliphatic heterocycles. The zero-order chi connectivity index (χ0) is 20.6. The van der Waals surface area contributed by atoms with Crippen molar-refractivity contribution in [1.82, 2.24) is 10.2 Å². The van der Waals surface area contributed by atoms with Crippen molar-refractivity contribution in [3.63, 3.8) is 0 Å². The van der Waals surface area contributed by atoms with Crippen molar-refractivity contribution in [2.45, 2.75) is 32.6 Å². The van der Waals surface area contributed by atoms with E-state index in [0.717, 1.165) is 31.5 Å². The summed E-state index contributed by atoms with van der Waals surface area (Å²) in [6.07, 6.45) is 3.05. The average Bonchev–Trinajstić information content (AvgIpc) is 2.73. The quantitative estimate of drug-likeness (QED) is 0.733. The number of piperidine rings is 1. The van der Waals surface area contributed by atoms with Crippen LogP contribution in [0.1, 0.15) is 42.1 Å². The number of carbonyl (C=O) groups is 2. The van der Waals surface area contributed by atoms with Gasteiger partial charge >= 0.3 is 0 Å². The summed E-state index contributed by atoms with van der Waals surface area (Å²) < 4.78 is 0. The van der Waals surface area contributed by atoms with Crippen LogP contribution in [0.2, 0.25) is 0 Å². The number of amides is 2. The lowest BCUT2D eigenvalue weighted by molar-refractivity contribution is -0.119. The Labute approximate surface area is 177 Å². The fourth-order valence-corrected chi connectivity index (χ4v) is 3.63. The number of hydrogen-bond donors (Lipinski definition) is 2. The highest BCUT2D eigenvalue weighted by Crippen LogP contribution is 2.22. The molecule has 29 heavy (non-hydrogen) atoms. The molecule has 0 spiro atoms. The third kappa shape index (κ3) is 6.12. The minimum atomic E-state index is -0.153. The van der Waals surface area contributed by atoms with Crippen molar-refractivity contribution in [2.75, 3.05) is 18.4 Å². The van der Waals surface area contributed by atoms with Crippen LogP contribution in [0, 0.1) is 5.92 Å². The lowest BCUT2D eigenvalue weighted by Gasteiger charge is -2.30. The average molecular weight is 410 g/mol. The standard InChI is InChI=1S/C23H27N3O2S/c1-17-13-15-26(16-14-17)22(28)19-9-5-6-10-20(19)24-23(29)25-21(27)12-11-18-7-3-2-4-8-18/h2-10,17H,11-16H2,1H3,(H2,24,25,27,29). The van der Waals surface area contributed by atoms with Gasteiger partial charge in [0.05, 0.1) is 11.3 Å². The predicted octanol–water partition coefficient (Wildman–Crippen LogP) is 4.00. The molecule has 6 heteroatoms. The predicted molar refractivity (Wildman–Crippen MR) is 120 cm³/mol. The van der Waals surface area contributed by atoms with E-state index >= 15 is 0 Å². The van der Waals surface area contributed by atoms with E-state index in [0.29, 0.717) is 30.0 Å². The molecule has 0 atom stereocenters. The monoisotopic (exact) mass is 409 g/mol. The SMILES string of the molecule is CC1CCN(C(=O)c2ccccc2NC(=S)NC(=O)CCc2ccccc2)CC1. The van der Waals surface area contributed by atoms with Crippen molar-refractivity contribution < 1.29 is 9.59 Å². The number of rotatable bonds is 5. The van der Waals surface area contributed by atoms with Crippen LogP contribution in [-0.4, -0.2) is 34.9 Å². The summed E-state index contributed by atoms with van der Waals surface area (Å²) in [5.41, 5.74) is 2.29. The maximum absolute atomic E-state index is 12.9. The summed E-state index contributed by atoms with van der Waals surface area (Å²) in [5.74, 6) is 0.504. The fraction of sp³-hybridized carbons (Fsp3) is 0.348. The minimum Gasteiger partial charge on any atom is -0.339 e. The van der Waals surface area contributed by atoms with Crippen LogP contribution in [0.3, 0.4) is 0 Å². The summed E-state index contributed by atoms with van der Waals surface area (Å²) in [5, 5.41) is 5.93. The van der Waals surface area contributed by atoms with Crippen LogP contribution in [0.25, 0.3) is 0 Å². The molecule has 1 fully saturated rings. The van der Waals surface area contributed by atoms with Crippen molar-refractivity contribution >= 4 is 34.8 Å². The van der Waals surface area contributed by atoms with E-state index in [1.807, 2.05) is 53.4 Å². The first-order valence-electron chi connectivity index (χ1n) is 10.1. The van der Waals surface area contributed by atoms with Crippen molar-refractivity contribution in [3.05, 3.63) is 65.7 Å². The highest BCUT2D eigenvalue weighted by atomic mass is 32.1. The Kier molecular flexibility index (Phi) is 7.36. The molecule has 2 aromatic carbocycles. The van der Waals surface area contributed by atoms with Crippen molar-refractivity contribution in [3.8, 4) is 0 Å². The Balaban J connectivity index is 1.56. The molecule has 2 amide bonds. The fourth-order valence-electron chi connectivity index (χ4n) is 3.41. The second kappa shape index (κ2) is 10.2. The molecule has 0 bridgehead atoms. The first kappa shape index (κ1) is 21.0. The summed E-state index contributed by atoms with van der Waals surface area (Å²) in [4.78, 5) is 27.0. The number of thiocarbonyl (C=S) groups is 1. The summed E-state index contributed by atoms with van der Waals surface area (Å²) in [6.45, 7) is 3.76. The maximum Gasteiger partial charge on any atom is 0.255 e. The number of para-hydroxylation sites is 1. The first-order chi connectivity index (χ1) is 14.0. The summed E-state index contributed by atoms with van der Waals surface area (Å²) in [7, 11) is 0. The zero-order valence-electron chi connectivity index (χ0n) is 16.7. The van der Waals surface area contributed by atoms with Crippen LogP contribution in [-0.2, 0) is 11.2 Å². The van der Waals surface area contributed by atoms with Gasteiger partial charge in [0.1, 0.15) is 0 Å². The summed E-state index contributed by atoms with van der Waals surface area (Å²) >= 11 is 5.29. The van der Waals surface area contributed by atoms with Gasteiger partial charge in [-0.25, -0.2) is 0 Å². The normalized spacial score (nSPS) is 14.3. The molecule has 3 rings (SSSR count). The van der Waals surface area contributed by atoms with E-state index < -0.39 is 0 Å². The highest BCUT2D eigenvalue weighted by molar-refractivity contribution is 7.80. The molecule has 0 aliphatic carbocycles. The third-order valence-electron chi connectivity index (χ3n) is 5.21. The molecule has 2 aromatic rings. The van der Waals surface area contributed by atoms with Crippen LogP contribution in [0.5, 0.6) is 0 Å². The molecule has 2 N–H and O–H groups in total. The number of anilines is 1. The van der Waals surface area contributed by atoms with Gasteiger partial charge in [0, 0.05) is 19.5 Å². The molecule has 1 heterocycles. The van der Waals surface area contributed by atoms with E-state index in [-0.39, 0.29) is 16.9 Å². The van der Waals surface area contributed by atoms with E-state index in [2.05, 4.69) is 17.6 Å². The van der Waals surface area contributed by atoms with E-state index in [1.165, 1.54) is 0 Å². The van der Waals surface area contributed by atoms with Gasteiger partial charge in [0.15, 0.2) is 5.11 Å². The van der Waals surface area contributed by atoms with E-state index in [1.54, 1.807) is 6.07 Å². The topological polar surface area (TPSA) is 61.4 Å². The lowest BCUT2D eigenvalue weighted by Crippen LogP contribution is -2.39. The molecule has 152 valence electrons. The second-order valence-corrected chi connectivity index (χ2v) is 7.92.